The minimum atomic E-state index is -0.132. The Labute approximate surface area is 104 Å². The molecule has 0 radical (unpaired) electrons. The maximum atomic E-state index is 11.7. The molecule has 0 aliphatic heterocycles. The Bertz CT molecular complexity index is 374. The molecule has 0 aliphatic carbocycles. The van der Waals surface area contributed by atoms with Gasteiger partial charge in [0.05, 0.1) is 0 Å². The van der Waals surface area contributed by atoms with Gasteiger partial charge in [-0.3, -0.25) is 0 Å². The molecule has 2 amide bonds. The van der Waals surface area contributed by atoms with Crippen molar-refractivity contribution in [2.45, 2.75) is 46.1 Å². The Kier molecular flexibility index (Phi) is 5.01. The molecule has 0 aliphatic rings. The van der Waals surface area contributed by atoms with Gasteiger partial charge in [-0.1, -0.05) is 39.0 Å². The summed E-state index contributed by atoms with van der Waals surface area (Å²) in [5, 5.41) is 5.80. The number of carbonyl (C=O) groups is 1. The van der Waals surface area contributed by atoms with Gasteiger partial charge >= 0.3 is 6.03 Å². The molecule has 0 bridgehead atoms. The fourth-order valence-corrected chi connectivity index (χ4v) is 1.60. The van der Waals surface area contributed by atoms with E-state index in [2.05, 4.69) is 24.5 Å². The van der Waals surface area contributed by atoms with E-state index in [9.17, 15) is 4.79 Å². The first kappa shape index (κ1) is 13.6. The van der Waals surface area contributed by atoms with Crippen LogP contribution in [0, 0.1) is 0 Å². The quantitative estimate of drug-likeness (QED) is 0.818. The van der Waals surface area contributed by atoms with Crippen molar-refractivity contribution in [2.75, 3.05) is 5.32 Å². The number of benzene rings is 1. The molecule has 1 atom stereocenters. The van der Waals surface area contributed by atoms with Gasteiger partial charge < -0.3 is 10.6 Å². The highest BCUT2D eigenvalue weighted by Crippen LogP contribution is 2.23. The molecule has 0 saturated carbocycles. The average Bonchev–Trinajstić information content (AvgIpc) is 2.29. The summed E-state index contributed by atoms with van der Waals surface area (Å²) >= 11 is 0. The van der Waals surface area contributed by atoms with E-state index in [0.29, 0.717) is 5.92 Å². The van der Waals surface area contributed by atoms with E-state index >= 15 is 0 Å². The van der Waals surface area contributed by atoms with Crippen molar-refractivity contribution in [3.05, 3.63) is 29.8 Å². The van der Waals surface area contributed by atoms with Crippen LogP contribution in [0.5, 0.6) is 0 Å². The molecule has 3 heteroatoms. The molecule has 1 rings (SSSR count). The number of nitrogens with one attached hydrogen (secondary N) is 2. The lowest BCUT2D eigenvalue weighted by atomic mass is 10.0. The first-order chi connectivity index (χ1) is 8.04. The molecule has 0 aromatic heterocycles. The number of anilines is 1. The maximum Gasteiger partial charge on any atom is 0.319 e. The molecule has 0 heterocycles. The van der Waals surface area contributed by atoms with Gasteiger partial charge in [-0.25, -0.2) is 4.79 Å². The van der Waals surface area contributed by atoms with Crippen LogP contribution in [0.15, 0.2) is 24.3 Å². The van der Waals surface area contributed by atoms with Crippen molar-refractivity contribution in [2.24, 2.45) is 0 Å². The van der Waals surface area contributed by atoms with E-state index in [1.165, 1.54) is 0 Å². The molecule has 0 saturated heterocycles. The van der Waals surface area contributed by atoms with Crippen LogP contribution in [-0.4, -0.2) is 12.1 Å². The molecule has 1 aromatic rings. The van der Waals surface area contributed by atoms with Gasteiger partial charge in [-0.2, -0.15) is 0 Å². The second-order valence-corrected chi connectivity index (χ2v) is 4.65. The number of para-hydroxylation sites is 1. The van der Waals surface area contributed by atoms with Crippen molar-refractivity contribution in [1.29, 1.82) is 0 Å². The summed E-state index contributed by atoms with van der Waals surface area (Å²) in [5.74, 6) is 0.398. The largest absolute Gasteiger partial charge is 0.335 e. The highest BCUT2D eigenvalue weighted by molar-refractivity contribution is 5.90. The van der Waals surface area contributed by atoms with Crippen LogP contribution in [-0.2, 0) is 0 Å². The zero-order valence-electron chi connectivity index (χ0n) is 11.1. The number of hydrogen-bond acceptors (Lipinski definition) is 1. The molecule has 1 unspecified atom stereocenters. The lowest BCUT2D eigenvalue weighted by Gasteiger charge is -2.16. The van der Waals surface area contributed by atoms with Crippen molar-refractivity contribution in [3.63, 3.8) is 0 Å². The first-order valence-corrected chi connectivity index (χ1v) is 6.21. The summed E-state index contributed by atoms with van der Waals surface area (Å²) in [7, 11) is 0. The molecule has 0 spiro atoms. The topological polar surface area (TPSA) is 41.1 Å². The number of urea groups is 1. The minimum Gasteiger partial charge on any atom is -0.335 e. The minimum absolute atomic E-state index is 0.132. The fourth-order valence-electron chi connectivity index (χ4n) is 1.60. The van der Waals surface area contributed by atoms with Crippen LogP contribution in [0.2, 0.25) is 0 Å². The van der Waals surface area contributed by atoms with Crippen molar-refractivity contribution in [1.82, 2.24) is 5.32 Å². The van der Waals surface area contributed by atoms with Gasteiger partial charge in [-0.05, 0) is 30.9 Å². The fraction of sp³-hybridized carbons (Fsp3) is 0.500. The van der Waals surface area contributed by atoms with Gasteiger partial charge in [0.1, 0.15) is 0 Å². The van der Waals surface area contributed by atoms with E-state index < -0.39 is 0 Å². The van der Waals surface area contributed by atoms with Crippen molar-refractivity contribution in [3.8, 4) is 0 Å². The molecule has 3 nitrogen and oxygen atoms in total. The Hall–Kier alpha value is -1.51. The summed E-state index contributed by atoms with van der Waals surface area (Å²) < 4.78 is 0. The predicted molar refractivity (Wildman–Crippen MR) is 72.4 cm³/mol. The van der Waals surface area contributed by atoms with E-state index in [1.807, 2.05) is 38.1 Å². The molecule has 17 heavy (non-hydrogen) atoms. The molecular formula is C14H22N2O. The summed E-state index contributed by atoms with van der Waals surface area (Å²) in [6.45, 7) is 8.28. The van der Waals surface area contributed by atoms with E-state index in [4.69, 9.17) is 0 Å². The highest BCUT2D eigenvalue weighted by Gasteiger charge is 2.09. The zero-order valence-corrected chi connectivity index (χ0v) is 11.1. The SMILES string of the molecule is CCC(C)NC(=O)Nc1ccccc1C(C)C. The van der Waals surface area contributed by atoms with Crippen LogP contribution >= 0.6 is 0 Å². The van der Waals surface area contributed by atoms with Gasteiger partial charge in [0, 0.05) is 11.7 Å². The Morgan fingerprint density at radius 3 is 2.47 bits per heavy atom. The standard InChI is InChI=1S/C14H22N2O/c1-5-11(4)15-14(17)16-13-9-7-6-8-12(13)10(2)3/h6-11H,5H2,1-4H3,(H2,15,16,17). The first-order valence-electron chi connectivity index (χ1n) is 6.21. The van der Waals surface area contributed by atoms with Gasteiger partial charge in [-0.15, -0.1) is 0 Å². The Balaban J connectivity index is 2.71. The van der Waals surface area contributed by atoms with Crippen LogP contribution in [0.25, 0.3) is 0 Å². The number of carbonyl (C=O) groups excluding carboxylic acids is 1. The van der Waals surface area contributed by atoms with E-state index in [0.717, 1.165) is 17.7 Å². The summed E-state index contributed by atoms with van der Waals surface area (Å²) in [6, 6.07) is 7.97. The molecule has 94 valence electrons. The van der Waals surface area contributed by atoms with E-state index in [1.54, 1.807) is 0 Å². The molecule has 0 fully saturated rings. The number of rotatable bonds is 4. The monoisotopic (exact) mass is 234 g/mol. The predicted octanol–water partition coefficient (Wildman–Crippen LogP) is 3.73. The van der Waals surface area contributed by atoms with Gasteiger partial charge in [0.15, 0.2) is 0 Å². The highest BCUT2D eigenvalue weighted by atomic mass is 16.2. The lowest BCUT2D eigenvalue weighted by molar-refractivity contribution is 0.249. The third kappa shape index (κ3) is 4.10. The maximum absolute atomic E-state index is 11.7. The second-order valence-electron chi connectivity index (χ2n) is 4.65. The Morgan fingerprint density at radius 2 is 1.88 bits per heavy atom. The van der Waals surface area contributed by atoms with Gasteiger partial charge in [0.25, 0.3) is 0 Å². The number of amides is 2. The van der Waals surface area contributed by atoms with Crippen LogP contribution in [0.1, 0.15) is 45.6 Å². The summed E-state index contributed by atoms with van der Waals surface area (Å²) in [6.07, 6.45) is 0.930. The molecule has 1 aromatic carbocycles. The Morgan fingerprint density at radius 1 is 1.24 bits per heavy atom. The number of hydrogen-bond donors (Lipinski definition) is 2. The summed E-state index contributed by atoms with van der Waals surface area (Å²) in [4.78, 5) is 11.7. The third-order valence-corrected chi connectivity index (χ3v) is 2.82. The van der Waals surface area contributed by atoms with E-state index in [-0.39, 0.29) is 12.1 Å². The second kappa shape index (κ2) is 6.28. The summed E-state index contributed by atoms with van der Waals surface area (Å²) in [5.41, 5.74) is 2.05. The van der Waals surface area contributed by atoms with Crippen LogP contribution in [0.3, 0.4) is 0 Å². The normalized spacial score (nSPS) is 12.3. The van der Waals surface area contributed by atoms with Crippen LogP contribution in [0.4, 0.5) is 10.5 Å². The lowest BCUT2D eigenvalue weighted by Crippen LogP contribution is -2.35. The molecule has 2 N–H and O–H groups in total. The van der Waals surface area contributed by atoms with Crippen molar-refractivity contribution >= 4 is 11.7 Å². The average molecular weight is 234 g/mol. The smallest absolute Gasteiger partial charge is 0.319 e. The zero-order chi connectivity index (χ0) is 12.8. The molecular weight excluding hydrogens is 212 g/mol. The van der Waals surface area contributed by atoms with Crippen molar-refractivity contribution < 1.29 is 4.79 Å². The van der Waals surface area contributed by atoms with Gasteiger partial charge in [0.2, 0.25) is 0 Å². The van der Waals surface area contributed by atoms with Crippen LogP contribution < -0.4 is 10.6 Å². The third-order valence-electron chi connectivity index (χ3n) is 2.82.